The molecular weight excluding hydrogens is 258 g/mol. The highest BCUT2D eigenvalue weighted by molar-refractivity contribution is 7.54. The molecule has 0 aliphatic carbocycles. The maximum atomic E-state index is 12.0. The highest BCUT2D eigenvalue weighted by Gasteiger charge is 2.20. The summed E-state index contributed by atoms with van der Waals surface area (Å²) in [6, 6.07) is 0. The standard InChI is InChI=1S/C8H17Cl2N2O2P/c1-2-3-8-14-15(13,11-6-4-9)12-7-5-10/h2H,1,3-8H2,(H2,11,12,13). The molecule has 0 bridgehead atoms. The molecule has 0 radical (unpaired) electrons. The van der Waals surface area contributed by atoms with E-state index in [0.717, 1.165) is 0 Å². The van der Waals surface area contributed by atoms with E-state index < -0.39 is 7.67 Å². The summed E-state index contributed by atoms with van der Waals surface area (Å²) in [5.41, 5.74) is 0. The predicted molar refractivity (Wildman–Crippen MR) is 65.8 cm³/mol. The van der Waals surface area contributed by atoms with Gasteiger partial charge < -0.3 is 4.52 Å². The van der Waals surface area contributed by atoms with Crippen molar-refractivity contribution in [2.24, 2.45) is 0 Å². The van der Waals surface area contributed by atoms with Crippen LogP contribution in [0.1, 0.15) is 6.42 Å². The number of halogens is 2. The summed E-state index contributed by atoms with van der Waals surface area (Å²) in [6.07, 6.45) is 2.35. The van der Waals surface area contributed by atoms with Gasteiger partial charge in [0.15, 0.2) is 0 Å². The summed E-state index contributed by atoms with van der Waals surface area (Å²) in [7, 11) is -3.00. The van der Waals surface area contributed by atoms with E-state index in [1.165, 1.54) is 0 Å². The Morgan fingerprint density at radius 1 is 1.27 bits per heavy atom. The molecular formula is C8H17Cl2N2O2P. The molecule has 0 aliphatic rings. The van der Waals surface area contributed by atoms with Crippen LogP contribution in [0.5, 0.6) is 0 Å². The molecule has 0 heterocycles. The van der Waals surface area contributed by atoms with Gasteiger partial charge in [0.1, 0.15) is 0 Å². The minimum atomic E-state index is -3.00. The van der Waals surface area contributed by atoms with Crippen LogP contribution in [-0.4, -0.2) is 31.5 Å². The monoisotopic (exact) mass is 274 g/mol. The fourth-order valence-electron chi connectivity index (χ4n) is 0.791. The van der Waals surface area contributed by atoms with Crippen LogP contribution in [0.25, 0.3) is 0 Å². The summed E-state index contributed by atoms with van der Waals surface area (Å²) < 4.78 is 17.2. The molecule has 0 atom stereocenters. The van der Waals surface area contributed by atoms with Gasteiger partial charge in [-0.25, -0.2) is 10.2 Å². The van der Waals surface area contributed by atoms with Gasteiger partial charge in [-0.15, -0.1) is 29.8 Å². The van der Waals surface area contributed by atoms with Gasteiger partial charge in [0.25, 0.3) is 0 Å². The first-order valence-corrected chi connectivity index (χ1v) is 7.35. The zero-order chi connectivity index (χ0) is 11.6. The lowest BCUT2D eigenvalue weighted by Crippen LogP contribution is -2.27. The van der Waals surface area contributed by atoms with Crippen molar-refractivity contribution in [3.05, 3.63) is 12.7 Å². The van der Waals surface area contributed by atoms with Crippen LogP contribution in [0.4, 0.5) is 0 Å². The van der Waals surface area contributed by atoms with E-state index in [4.69, 9.17) is 27.7 Å². The second kappa shape index (κ2) is 9.64. The van der Waals surface area contributed by atoms with Gasteiger partial charge in [-0.2, -0.15) is 0 Å². The quantitative estimate of drug-likeness (QED) is 0.278. The Labute approximate surface area is 101 Å². The summed E-state index contributed by atoms with van der Waals surface area (Å²) in [4.78, 5) is 0. The molecule has 2 N–H and O–H groups in total. The summed E-state index contributed by atoms with van der Waals surface area (Å²) in [6.45, 7) is 4.74. The van der Waals surface area contributed by atoms with Crippen LogP contribution in [0.15, 0.2) is 12.7 Å². The highest BCUT2D eigenvalue weighted by atomic mass is 35.5. The van der Waals surface area contributed by atoms with Gasteiger partial charge in [-0.1, -0.05) is 6.08 Å². The van der Waals surface area contributed by atoms with Crippen molar-refractivity contribution in [3.63, 3.8) is 0 Å². The highest BCUT2D eigenvalue weighted by Crippen LogP contribution is 2.36. The van der Waals surface area contributed by atoms with Crippen LogP contribution in [-0.2, 0) is 9.09 Å². The fraction of sp³-hybridized carbons (Fsp3) is 0.750. The second-order valence-corrected chi connectivity index (χ2v) is 5.41. The first-order chi connectivity index (χ1) is 7.18. The first kappa shape index (κ1) is 15.4. The van der Waals surface area contributed by atoms with Crippen molar-refractivity contribution in [1.29, 1.82) is 0 Å². The van der Waals surface area contributed by atoms with Crippen LogP contribution >= 0.6 is 30.9 Å². The van der Waals surface area contributed by atoms with Crippen molar-refractivity contribution < 1.29 is 9.09 Å². The number of nitrogens with one attached hydrogen (secondary N) is 2. The molecule has 7 heteroatoms. The normalized spacial score (nSPS) is 11.6. The van der Waals surface area contributed by atoms with Crippen LogP contribution in [0, 0.1) is 0 Å². The minimum absolute atomic E-state index is 0.353. The Morgan fingerprint density at radius 3 is 2.20 bits per heavy atom. The van der Waals surface area contributed by atoms with Gasteiger partial charge >= 0.3 is 7.67 Å². The minimum Gasteiger partial charge on any atom is -0.306 e. The molecule has 0 amide bonds. The van der Waals surface area contributed by atoms with Crippen molar-refractivity contribution in [3.8, 4) is 0 Å². The van der Waals surface area contributed by atoms with Gasteiger partial charge in [-0.3, -0.25) is 4.57 Å². The zero-order valence-corrected chi connectivity index (χ0v) is 11.0. The smallest absolute Gasteiger partial charge is 0.306 e. The van der Waals surface area contributed by atoms with E-state index in [2.05, 4.69) is 16.8 Å². The Morgan fingerprint density at radius 2 is 1.80 bits per heavy atom. The average Bonchev–Trinajstić information content (AvgIpc) is 2.24. The number of alkyl halides is 2. The third-order valence-corrected chi connectivity index (χ3v) is 3.63. The van der Waals surface area contributed by atoms with E-state index in [1.54, 1.807) is 6.08 Å². The Kier molecular flexibility index (Phi) is 9.92. The SMILES string of the molecule is C=CCCOP(=O)(NCCCl)NCCCl. The maximum absolute atomic E-state index is 12.0. The maximum Gasteiger partial charge on any atom is 0.340 e. The Balaban J connectivity index is 4.01. The van der Waals surface area contributed by atoms with E-state index in [0.29, 0.717) is 37.9 Å². The zero-order valence-electron chi connectivity index (χ0n) is 8.55. The molecule has 90 valence electrons. The molecule has 0 aliphatic heterocycles. The summed E-state index contributed by atoms with van der Waals surface area (Å²) in [5, 5.41) is 5.47. The molecule has 4 nitrogen and oxygen atoms in total. The molecule has 0 fully saturated rings. The number of hydrogen-bond acceptors (Lipinski definition) is 2. The van der Waals surface area contributed by atoms with Crippen molar-refractivity contribution in [2.75, 3.05) is 31.5 Å². The summed E-state index contributed by atoms with van der Waals surface area (Å²) in [5.74, 6) is 0.745. The first-order valence-electron chi connectivity index (χ1n) is 4.66. The van der Waals surface area contributed by atoms with Crippen molar-refractivity contribution in [1.82, 2.24) is 10.2 Å². The third-order valence-electron chi connectivity index (χ3n) is 1.42. The van der Waals surface area contributed by atoms with Crippen LogP contribution in [0.2, 0.25) is 0 Å². The topological polar surface area (TPSA) is 50.4 Å². The average molecular weight is 275 g/mol. The fourth-order valence-corrected chi connectivity index (χ4v) is 2.71. The van der Waals surface area contributed by atoms with Gasteiger partial charge in [0, 0.05) is 24.8 Å². The molecule has 0 aromatic heterocycles. The number of rotatable bonds is 10. The molecule has 0 saturated heterocycles. The second-order valence-electron chi connectivity index (χ2n) is 2.66. The molecule has 0 rings (SSSR count). The third kappa shape index (κ3) is 8.26. The Hall–Kier alpha value is 0.430. The van der Waals surface area contributed by atoms with Crippen molar-refractivity contribution >= 4 is 30.9 Å². The van der Waals surface area contributed by atoms with Gasteiger partial charge in [-0.05, 0) is 6.42 Å². The molecule has 0 spiro atoms. The lowest BCUT2D eigenvalue weighted by Gasteiger charge is -2.19. The van der Waals surface area contributed by atoms with E-state index in [-0.39, 0.29) is 0 Å². The lowest BCUT2D eigenvalue weighted by atomic mass is 10.5. The van der Waals surface area contributed by atoms with E-state index in [9.17, 15) is 4.57 Å². The van der Waals surface area contributed by atoms with Gasteiger partial charge in [0.05, 0.1) is 6.61 Å². The molecule has 0 saturated carbocycles. The predicted octanol–water partition coefficient (Wildman–Crippen LogP) is 2.34. The molecule has 0 unspecified atom stereocenters. The van der Waals surface area contributed by atoms with Gasteiger partial charge in [0.2, 0.25) is 0 Å². The van der Waals surface area contributed by atoms with Crippen LogP contribution < -0.4 is 10.2 Å². The molecule has 0 aromatic carbocycles. The number of hydrogen-bond donors (Lipinski definition) is 2. The largest absolute Gasteiger partial charge is 0.340 e. The lowest BCUT2D eigenvalue weighted by molar-refractivity contribution is 0.305. The summed E-state index contributed by atoms with van der Waals surface area (Å²) >= 11 is 11.0. The van der Waals surface area contributed by atoms with E-state index in [1.807, 2.05) is 0 Å². The molecule has 15 heavy (non-hydrogen) atoms. The van der Waals surface area contributed by atoms with Crippen molar-refractivity contribution in [2.45, 2.75) is 6.42 Å². The molecule has 0 aromatic rings. The Bertz CT molecular complexity index is 205. The van der Waals surface area contributed by atoms with E-state index >= 15 is 0 Å². The van der Waals surface area contributed by atoms with Crippen LogP contribution in [0.3, 0.4) is 0 Å².